The highest BCUT2D eigenvalue weighted by atomic mass is 16.7. The van der Waals surface area contributed by atoms with Gasteiger partial charge in [-0.3, -0.25) is 4.79 Å². The van der Waals surface area contributed by atoms with Gasteiger partial charge in [-0.25, -0.2) is 0 Å². The van der Waals surface area contributed by atoms with Gasteiger partial charge < -0.3 is 18.9 Å². The second kappa shape index (κ2) is 7.76. The molecule has 122 valence electrons. The van der Waals surface area contributed by atoms with Crippen LogP contribution in [-0.4, -0.2) is 34.2 Å². The molecule has 5 heteroatoms. The number of hydrogen-bond donors (Lipinski definition) is 0. The first-order chi connectivity index (χ1) is 11.2. The summed E-state index contributed by atoms with van der Waals surface area (Å²) in [5, 5.41) is 0. The van der Waals surface area contributed by atoms with Crippen LogP contribution in [0, 0.1) is 0 Å². The van der Waals surface area contributed by atoms with Crippen molar-refractivity contribution in [1.29, 1.82) is 0 Å². The molecule has 0 amide bonds. The number of ketones is 1. The summed E-state index contributed by atoms with van der Waals surface area (Å²) in [6, 6.07) is 12.4. The lowest BCUT2D eigenvalue weighted by Gasteiger charge is -2.18. The fourth-order valence-corrected chi connectivity index (χ4v) is 2.39. The Kier molecular flexibility index (Phi) is 5.73. The van der Waals surface area contributed by atoms with Gasteiger partial charge in [0.25, 0.3) is 0 Å². The number of ether oxygens (including phenoxy) is 4. The molecule has 0 unspecified atom stereocenters. The summed E-state index contributed by atoms with van der Waals surface area (Å²) < 4.78 is 21.3. The summed E-state index contributed by atoms with van der Waals surface area (Å²) in [6.07, 6.45) is -0.571. The third kappa shape index (κ3) is 3.52. The van der Waals surface area contributed by atoms with E-state index in [1.165, 1.54) is 28.4 Å². The minimum atomic E-state index is -0.571. The highest BCUT2D eigenvalue weighted by molar-refractivity contribution is 6.12. The molecule has 5 nitrogen and oxygen atoms in total. The Morgan fingerprint density at radius 3 is 1.83 bits per heavy atom. The van der Waals surface area contributed by atoms with Gasteiger partial charge in [-0.2, -0.15) is 0 Å². The van der Waals surface area contributed by atoms with Crippen LogP contribution in [0.5, 0.6) is 11.5 Å². The van der Waals surface area contributed by atoms with Crippen LogP contribution in [0.4, 0.5) is 0 Å². The summed E-state index contributed by atoms with van der Waals surface area (Å²) in [5.74, 6) is 0.650. The molecular weight excluding hydrogens is 296 g/mol. The van der Waals surface area contributed by atoms with E-state index in [-0.39, 0.29) is 5.78 Å². The lowest BCUT2D eigenvalue weighted by Crippen LogP contribution is -2.10. The second-order valence-electron chi connectivity index (χ2n) is 4.80. The van der Waals surface area contributed by atoms with Gasteiger partial charge in [-0.1, -0.05) is 30.3 Å². The predicted octanol–water partition coefficient (Wildman–Crippen LogP) is 3.23. The molecular formula is C18H20O5. The van der Waals surface area contributed by atoms with Crippen LogP contribution in [0.3, 0.4) is 0 Å². The lowest BCUT2D eigenvalue weighted by atomic mass is 9.99. The molecule has 0 saturated carbocycles. The Labute approximate surface area is 135 Å². The van der Waals surface area contributed by atoms with Crippen LogP contribution in [0.25, 0.3) is 0 Å². The summed E-state index contributed by atoms with van der Waals surface area (Å²) in [4.78, 5) is 12.8. The first-order valence-electron chi connectivity index (χ1n) is 7.07. The first kappa shape index (κ1) is 17.0. The Morgan fingerprint density at radius 1 is 0.870 bits per heavy atom. The van der Waals surface area contributed by atoms with Gasteiger partial charge in [0.2, 0.25) is 5.78 Å². The maximum atomic E-state index is 12.8. The zero-order valence-corrected chi connectivity index (χ0v) is 13.7. The minimum absolute atomic E-state index is 0.169. The monoisotopic (exact) mass is 316 g/mol. The fourth-order valence-electron chi connectivity index (χ4n) is 2.39. The molecule has 0 radical (unpaired) electrons. The summed E-state index contributed by atoms with van der Waals surface area (Å²) >= 11 is 0. The van der Waals surface area contributed by atoms with Crippen molar-refractivity contribution in [2.45, 2.75) is 6.29 Å². The van der Waals surface area contributed by atoms with E-state index in [0.717, 1.165) is 0 Å². The number of methoxy groups -OCH3 is 4. The molecule has 0 aliphatic carbocycles. The smallest absolute Gasteiger partial charge is 0.200 e. The molecule has 0 bridgehead atoms. The highest BCUT2D eigenvalue weighted by Crippen LogP contribution is 2.35. The van der Waals surface area contributed by atoms with Crippen LogP contribution >= 0.6 is 0 Å². The van der Waals surface area contributed by atoms with E-state index >= 15 is 0 Å². The first-order valence-corrected chi connectivity index (χ1v) is 7.07. The SMILES string of the molecule is COc1cc(C(OC)OC)cc(OC)c1C(=O)c1ccccc1. The molecule has 2 aromatic rings. The average molecular weight is 316 g/mol. The maximum Gasteiger partial charge on any atom is 0.200 e. The number of carbonyl (C=O) groups excluding carboxylic acids is 1. The van der Waals surface area contributed by atoms with E-state index in [9.17, 15) is 4.79 Å². The Morgan fingerprint density at radius 2 is 1.39 bits per heavy atom. The topological polar surface area (TPSA) is 54.0 Å². The van der Waals surface area contributed by atoms with Gasteiger partial charge in [-0.05, 0) is 12.1 Å². The largest absolute Gasteiger partial charge is 0.496 e. The van der Waals surface area contributed by atoms with Crippen molar-refractivity contribution in [2.24, 2.45) is 0 Å². The van der Waals surface area contributed by atoms with Crippen LogP contribution < -0.4 is 9.47 Å². The van der Waals surface area contributed by atoms with Crippen molar-refractivity contribution < 1.29 is 23.7 Å². The molecule has 0 N–H and O–H groups in total. The molecule has 0 aromatic heterocycles. The molecule has 0 spiro atoms. The number of benzene rings is 2. The zero-order chi connectivity index (χ0) is 16.8. The van der Waals surface area contributed by atoms with Gasteiger partial charge in [0.05, 0.1) is 14.2 Å². The molecule has 0 aliphatic heterocycles. The van der Waals surface area contributed by atoms with Crippen molar-refractivity contribution in [3.05, 3.63) is 59.2 Å². The van der Waals surface area contributed by atoms with Crippen LogP contribution in [-0.2, 0) is 9.47 Å². The van der Waals surface area contributed by atoms with Crippen LogP contribution in [0.1, 0.15) is 27.8 Å². The number of rotatable bonds is 7. The van der Waals surface area contributed by atoms with Gasteiger partial charge in [0.15, 0.2) is 6.29 Å². The molecule has 2 rings (SSSR count). The lowest BCUT2D eigenvalue weighted by molar-refractivity contribution is -0.106. The van der Waals surface area contributed by atoms with Crippen LogP contribution in [0.15, 0.2) is 42.5 Å². The molecule has 2 aromatic carbocycles. The van der Waals surface area contributed by atoms with E-state index in [4.69, 9.17) is 18.9 Å². The molecule has 0 heterocycles. The quantitative estimate of drug-likeness (QED) is 0.580. The Balaban J connectivity index is 2.57. The Bertz CT molecular complexity index is 637. The second-order valence-corrected chi connectivity index (χ2v) is 4.80. The predicted molar refractivity (Wildman–Crippen MR) is 86.2 cm³/mol. The van der Waals surface area contributed by atoms with Gasteiger partial charge in [0, 0.05) is 25.3 Å². The van der Waals surface area contributed by atoms with E-state index < -0.39 is 6.29 Å². The minimum Gasteiger partial charge on any atom is -0.496 e. The average Bonchev–Trinajstić information content (AvgIpc) is 2.62. The van der Waals surface area contributed by atoms with E-state index in [1.54, 1.807) is 24.3 Å². The normalized spacial score (nSPS) is 10.7. The third-order valence-corrected chi connectivity index (χ3v) is 3.49. The van der Waals surface area contributed by atoms with Gasteiger partial charge in [-0.15, -0.1) is 0 Å². The molecule has 0 aliphatic rings. The van der Waals surface area contributed by atoms with Crippen LogP contribution in [0.2, 0.25) is 0 Å². The molecule has 23 heavy (non-hydrogen) atoms. The standard InChI is InChI=1S/C18H20O5/c1-20-14-10-13(18(22-3)23-4)11-15(21-2)16(14)17(19)12-8-6-5-7-9-12/h5-11,18H,1-4H3. The van der Waals surface area contributed by atoms with Crippen molar-refractivity contribution in [2.75, 3.05) is 28.4 Å². The van der Waals surface area contributed by atoms with E-state index in [0.29, 0.717) is 28.2 Å². The van der Waals surface area contributed by atoms with E-state index in [1.807, 2.05) is 18.2 Å². The zero-order valence-electron chi connectivity index (χ0n) is 13.7. The summed E-state index contributed by atoms with van der Waals surface area (Å²) in [7, 11) is 6.09. The number of hydrogen-bond acceptors (Lipinski definition) is 5. The number of carbonyl (C=O) groups is 1. The molecule has 0 fully saturated rings. The van der Waals surface area contributed by atoms with Crippen molar-refractivity contribution in [1.82, 2.24) is 0 Å². The summed E-state index contributed by atoms with van der Waals surface area (Å²) in [5.41, 5.74) is 1.64. The third-order valence-electron chi connectivity index (χ3n) is 3.49. The highest BCUT2D eigenvalue weighted by Gasteiger charge is 2.23. The Hall–Kier alpha value is -2.37. The van der Waals surface area contributed by atoms with E-state index in [2.05, 4.69) is 0 Å². The fraction of sp³-hybridized carbons (Fsp3) is 0.278. The van der Waals surface area contributed by atoms with Crippen molar-refractivity contribution >= 4 is 5.78 Å². The van der Waals surface area contributed by atoms with Gasteiger partial charge in [0.1, 0.15) is 17.1 Å². The molecule has 0 saturated heterocycles. The van der Waals surface area contributed by atoms with Gasteiger partial charge >= 0.3 is 0 Å². The summed E-state index contributed by atoms with van der Waals surface area (Å²) in [6.45, 7) is 0. The molecule has 0 atom stereocenters. The maximum absolute atomic E-state index is 12.8. The van der Waals surface area contributed by atoms with Crippen molar-refractivity contribution in [3.8, 4) is 11.5 Å². The van der Waals surface area contributed by atoms with Crippen molar-refractivity contribution in [3.63, 3.8) is 0 Å².